The first-order valence-corrected chi connectivity index (χ1v) is 5.97. The highest BCUT2D eigenvalue weighted by molar-refractivity contribution is 5.98. The van der Waals surface area contributed by atoms with Crippen LogP contribution in [0.4, 0.5) is 11.6 Å². The molecule has 1 aromatic carbocycles. The molecule has 1 heterocycles. The van der Waals surface area contributed by atoms with E-state index in [-0.39, 0.29) is 22.7 Å². The van der Waals surface area contributed by atoms with Crippen molar-refractivity contribution in [3.05, 3.63) is 57.4 Å². The first-order valence-electron chi connectivity index (χ1n) is 5.97. The fourth-order valence-electron chi connectivity index (χ4n) is 1.80. The third-order valence-corrected chi connectivity index (χ3v) is 2.73. The van der Waals surface area contributed by atoms with Gasteiger partial charge >= 0.3 is 0 Å². The molecule has 0 aliphatic rings. The Kier molecular flexibility index (Phi) is 3.51. The second-order valence-corrected chi connectivity index (χ2v) is 4.47. The minimum atomic E-state index is -0.328. The van der Waals surface area contributed by atoms with Gasteiger partial charge in [-0.25, -0.2) is 0 Å². The number of hydrogen-bond donors (Lipinski definition) is 1. The number of carbonyl (C=O) groups is 1. The number of benzene rings is 1. The molecule has 2 rings (SSSR count). The van der Waals surface area contributed by atoms with Crippen molar-refractivity contribution in [1.29, 1.82) is 0 Å². The van der Waals surface area contributed by atoms with Crippen molar-refractivity contribution < 1.29 is 9.21 Å². The van der Waals surface area contributed by atoms with Crippen LogP contribution >= 0.6 is 0 Å². The van der Waals surface area contributed by atoms with Gasteiger partial charge in [0.15, 0.2) is 11.2 Å². The molecular formula is C15H15NO3. The van der Waals surface area contributed by atoms with Crippen LogP contribution in [0.25, 0.3) is 0 Å². The third-order valence-electron chi connectivity index (χ3n) is 2.73. The van der Waals surface area contributed by atoms with E-state index in [1.165, 1.54) is 13.0 Å². The van der Waals surface area contributed by atoms with E-state index in [1.807, 2.05) is 31.2 Å². The number of Topliss-reactive ketones (excluding diaryl/α,β-unsaturated/α-hetero) is 1. The summed E-state index contributed by atoms with van der Waals surface area (Å²) in [5.41, 5.74) is 1.61. The van der Waals surface area contributed by atoms with Crippen LogP contribution in [0.5, 0.6) is 0 Å². The second-order valence-electron chi connectivity index (χ2n) is 4.47. The van der Waals surface area contributed by atoms with Crippen LogP contribution in [0.15, 0.2) is 39.5 Å². The van der Waals surface area contributed by atoms with E-state index in [4.69, 9.17) is 4.42 Å². The summed E-state index contributed by atoms with van der Waals surface area (Å²) in [4.78, 5) is 23.4. The zero-order valence-electron chi connectivity index (χ0n) is 11.1. The molecule has 0 radical (unpaired) electrons. The van der Waals surface area contributed by atoms with Crippen molar-refractivity contribution in [3.63, 3.8) is 0 Å². The topological polar surface area (TPSA) is 59.3 Å². The van der Waals surface area contributed by atoms with Gasteiger partial charge in [-0.3, -0.25) is 9.59 Å². The van der Waals surface area contributed by atoms with E-state index in [0.29, 0.717) is 5.76 Å². The highest BCUT2D eigenvalue weighted by Crippen LogP contribution is 2.20. The molecule has 0 saturated carbocycles. The smallest absolute Gasteiger partial charge is 0.212 e. The van der Waals surface area contributed by atoms with E-state index >= 15 is 0 Å². The molecule has 2 aromatic rings. The molecule has 1 N–H and O–H groups in total. The van der Waals surface area contributed by atoms with Gasteiger partial charge in [-0.15, -0.1) is 0 Å². The lowest BCUT2D eigenvalue weighted by Gasteiger charge is -2.09. The number of rotatable bonds is 3. The number of ketones is 1. The van der Waals surface area contributed by atoms with Gasteiger partial charge in [-0.1, -0.05) is 17.7 Å². The maximum Gasteiger partial charge on any atom is 0.212 e. The Hall–Kier alpha value is -2.36. The summed E-state index contributed by atoms with van der Waals surface area (Å²) in [5, 5.41) is 2.98. The van der Waals surface area contributed by atoms with Crippen molar-refractivity contribution in [1.82, 2.24) is 0 Å². The SMILES string of the molecule is CC(=O)c1c(Nc2ccc(C)cc2)oc(C)cc1=O. The van der Waals surface area contributed by atoms with E-state index < -0.39 is 0 Å². The molecule has 4 nitrogen and oxygen atoms in total. The van der Waals surface area contributed by atoms with Crippen LogP contribution in [-0.2, 0) is 0 Å². The zero-order valence-corrected chi connectivity index (χ0v) is 11.1. The number of carbonyl (C=O) groups excluding carboxylic acids is 1. The fraction of sp³-hybridized carbons (Fsp3) is 0.200. The van der Waals surface area contributed by atoms with Gasteiger partial charge in [0, 0.05) is 11.8 Å². The average molecular weight is 257 g/mol. The minimum absolute atomic E-state index is 0.0474. The maximum absolute atomic E-state index is 11.8. The quantitative estimate of drug-likeness (QED) is 0.858. The molecule has 0 aliphatic heterocycles. The van der Waals surface area contributed by atoms with Gasteiger partial charge in [-0.05, 0) is 32.9 Å². The largest absolute Gasteiger partial charge is 0.445 e. The van der Waals surface area contributed by atoms with E-state index in [0.717, 1.165) is 11.3 Å². The lowest BCUT2D eigenvalue weighted by molar-refractivity contribution is 0.101. The minimum Gasteiger partial charge on any atom is -0.445 e. The van der Waals surface area contributed by atoms with E-state index in [9.17, 15) is 9.59 Å². The normalized spacial score (nSPS) is 10.3. The average Bonchev–Trinajstić information content (AvgIpc) is 2.30. The van der Waals surface area contributed by atoms with Gasteiger partial charge in [0.05, 0.1) is 0 Å². The molecule has 19 heavy (non-hydrogen) atoms. The van der Waals surface area contributed by atoms with Crippen LogP contribution in [0.3, 0.4) is 0 Å². The summed E-state index contributed by atoms with van der Waals surface area (Å²) >= 11 is 0. The Morgan fingerprint density at radius 2 is 1.79 bits per heavy atom. The molecule has 4 heteroatoms. The summed E-state index contributed by atoms with van der Waals surface area (Å²) in [7, 11) is 0. The molecule has 0 fully saturated rings. The Morgan fingerprint density at radius 3 is 2.37 bits per heavy atom. The highest BCUT2D eigenvalue weighted by Gasteiger charge is 2.15. The molecular weight excluding hydrogens is 242 g/mol. The van der Waals surface area contributed by atoms with Crippen molar-refractivity contribution >= 4 is 17.4 Å². The highest BCUT2D eigenvalue weighted by atomic mass is 16.4. The predicted molar refractivity (Wildman–Crippen MR) is 74.2 cm³/mol. The third kappa shape index (κ3) is 2.91. The Labute approximate surface area is 111 Å². The Bertz CT molecular complexity index is 669. The lowest BCUT2D eigenvalue weighted by Crippen LogP contribution is -2.15. The Balaban J connectivity index is 2.47. The van der Waals surface area contributed by atoms with Crippen LogP contribution in [0, 0.1) is 13.8 Å². The molecule has 0 aliphatic carbocycles. The van der Waals surface area contributed by atoms with Gasteiger partial charge in [-0.2, -0.15) is 0 Å². The van der Waals surface area contributed by atoms with Gasteiger partial charge in [0.25, 0.3) is 0 Å². The monoisotopic (exact) mass is 257 g/mol. The van der Waals surface area contributed by atoms with E-state index in [2.05, 4.69) is 5.32 Å². The molecule has 0 spiro atoms. The van der Waals surface area contributed by atoms with E-state index in [1.54, 1.807) is 6.92 Å². The van der Waals surface area contributed by atoms with Crippen LogP contribution in [0.1, 0.15) is 28.6 Å². The molecule has 98 valence electrons. The van der Waals surface area contributed by atoms with Gasteiger partial charge < -0.3 is 9.73 Å². The maximum atomic E-state index is 11.8. The molecule has 0 atom stereocenters. The number of nitrogens with one attached hydrogen (secondary N) is 1. The number of hydrogen-bond acceptors (Lipinski definition) is 4. The van der Waals surface area contributed by atoms with Crippen molar-refractivity contribution in [3.8, 4) is 0 Å². The van der Waals surface area contributed by atoms with Crippen molar-refractivity contribution in [2.75, 3.05) is 5.32 Å². The molecule has 0 bridgehead atoms. The second kappa shape index (κ2) is 5.10. The van der Waals surface area contributed by atoms with Crippen LogP contribution in [-0.4, -0.2) is 5.78 Å². The summed E-state index contributed by atoms with van der Waals surface area (Å²) in [5.74, 6) is 0.342. The Morgan fingerprint density at radius 1 is 1.16 bits per heavy atom. The first kappa shape index (κ1) is 13.1. The predicted octanol–water partition coefficient (Wildman–Crippen LogP) is 3.20. The zero-order chi connectivity index (χ0) is 14.0. The van der Waals surface area contributed by atoms with Crippen molar-refractivity contribution in [2.45, 2.75) is 20.8 Å². The molecule has 0 unspecified atom stereocenters. The van der Waals surface area contributed by atoms with Crippen LogP contribution in [0.2, 0.25) is 0 Å². The fourth-order valence-corrected chi connectivity index (χ4v) is 1.80. The molecule has 1 aromatic heterocycles. The molecule has 0 saturated heterocycles. The van der Waals surface area contributed by atoms with Gasteiger partial charge in [0.2, 0.25) is 5.88 Å². The lowest BCUT2D eigenvalue weighted by atomic mass is 10.1. The van der Waals surface area contributed by atoms with Crippen molar-refractivity contribution in [2.24, 2.45) is 0 Å². The summed E-state index contributed by atoms with van der Waals surface area (Å²) < 4.78 is 5.45. The number of anilines is 2. The number of aryl methyl sites for hydroxylation is 2. The summed E-state index contributed by atoms with van der Waals surface area (Å²) in [6.07, 6.45) is 0. The summed E-state index contributed by atoms with van der Waals surface area (Å²) in [6, 6.07) is 8.91. The molecule has 0 amide bonds. The van der Waals surface area contributed by atoms with Gasteiger partial charge in [0.1, 0.15) is 11.3 Å². The first-order chi connectivity index (χ1) is 8.97. The summed E-state index contributed by atoms with van der Waals surface area (Å²) in [6.45, 7) is 5.01. The van der Waals surface area contributed by atoms with Crippen LogP contribution < -0.4 is 10.7 Å². The standard InChI is InChI=1S/C15H15NO3/c1-9-4-6-12(7-5-9)16-15-14(11(3)17)13(18)8-10(2)19-15/h4-8,16H,1-3H3.